The number of anilines is 2. The number of nitrogens with zero attached hydrogens (tertiary/aromatic N) is 2. The number of alkyl halides is 3. The highest BCUT2D eigenvalue weighted by molar-refractivity contribution is 9.11. The molecule has 0 saturated heterocycles. The fourth-order valence-corrected chi connectivity index (χ4v) is 3.84. The zero-order valence-corrected chi connectivity index (χ0v) is 19.7. The largest absolute Gasteiger partial charge is 0.497 e. The number of benzene rings is 2. The molecule has 0 fully saturated rings. The van der Waals surface area contributed by atoms with E-state index in [0.29, 0.717) is 32.9 Å². The molecule has 1 aliphatic heterocycles. The molecule has 0 saturated carbocycles. The van der Waals surface area contributed by atoms with Gasteiger partial charge in [0.1, 0.15) is 18.2 Å². The Kier molecular flexibility index (Phi) is 7.02. The number of hydrogen-bond acceptors (Lipinski definition) is 3. The SMILES string of the molecule is C=C(/C=C\C(=C(/C)Br)N1CN(c2ccc(F)cc2C)c2ccc(C(F)(F)F)cc2C1=O)OC. The zero-order valence-electron chi connectivity index (χ0n) is 18.1. The molecule has 1 aliphatic rings. The lowest BCUT2D eigenvalue weighted by Gasteiger charge is -2.39. The molecule has 174 valence electrons. The van der Waals surface area contributed by atoms with Gasteiger partial charge in [0.25, 0.3) is 5.91 Å². The first kappa shape index (κ1) is 24.6. The molecule has 0 aromatic heterocycles. The predicted octanol–water partition coefficient (Wildman–Crippen LogP) is 7.05. The molecule has 2 aromatic carbocycles. The molecule has 1 amide bonds. The molecule has 1 heterocycles. The summed E-state index contributed by atoms with van der Waals surface area (Å²) in [5.41, 5.74) is 0.787. The average Bonchev–Trinajstić information content (AvgIpc) is 2.74. The van der Waals surface area contributed by atoms with E-state index >= 15 is 0 Å². The monoisotopic (exact) mass is 524 g/mol. The van der Waals surface area contributed by atoms with Crippen molar-refractivity contribution in [2.45, 2.75) is 20.0 Å². The lowest BCUT2D eigenvalue weighted by Crippen LogP contribution is -2.44. The number of rotatable bonds is 5. The lowest BCUT2D eigenvalue weighted by molar-refractivity contribution is -0.137. The van der Waals surface area contributed by atoms with Gasteiger partial charge in [-0.1, -0.05) is 22.5 Å². The van der Waals surface area contributed by atoms with Crippen LogP contribution in [-0.4, -0.2) is 24.6 Å². The molecule has 0 atom stereocenters. The van der Waals surface area contributed by atoms with E-state index < -0.39 is 23.5 Å². The number of allylic oxidation sites excluding steroid dienone is 3. The highest BCUT2D eigenvalue weighted by atomic mass is 79.9. The first-order valence-electron chi connectivity index (χ1n) is 9.78. The standard InChI is InChI=1S/C24H21BrF4N2O2/c1-14-11-18(26)7-10-20(14)30-13-31(21(16(3)25)8-5-15(2)33-4)23(32)19-12-17(24(27,28)29)6-9-22(19)30/h5-12H,2,13H2,1,3-4H3/b8-5-,21-16-. The number of methoxy groups -OCH3 is 1. The summed E-state index contributed by atoms with van der Waals surface area (Å²) in [5, 5.41) is 0. The van der Waals surface area contributed by atoms with Crippen LogP contribution in [0.3, 0.4) is 0 Å². The molecule has 4 nitrogen and oxygen atoms in total. The Bertz CT molecular complexity index is 1170. The Morgan fingerprint density at radius 2 is 1.82 bits per heavy atom. The summed E-state index contributed by atoms with van der Waals surface area (Å²) in [5.74, 6) is -0.711. The summed E-state index contributed by atoms with van der Waals surface area (Å²) < 4.78 is 59.6. The number of carbonyl (C=O) groups excluding carboxylic acids is 1. The summed E-state index contributed by atoms with van der Waals surface area (Å²) >= 11 is 3.38. The summed E-state index contributed by atoms with van der Waals surface area (Å²) in [7, 11) is 1.44. The van der Waals surface area contributed by atoms with Gasteiger partial charge in [-0.3, -0.25) is 9.69 Å². The first-order valence-corrected chi connectivity index (χ1v) is 10.6. The van der Waals surface area contributed by atoms with Crippen molar-refractivity contribution in [2.75, 3.05) is 18.7 Å². The van der Waals surface area contributed by atoms with Crippen LogP contribution >= 0.6 is 15.9 Å². The topological polar surface area (TPSA) is 32.8 Å². The van der Waals surface area contributed by atoms with Crippen LogP contribution in [0, 0.1) is 12.7 Å². The molecule has 0 spiro atoms. The van der Waals surface area contributed by atoms with Crippen molar-refractivity contribution in [3.8, 4) is 0 Å². The van der Waals surface area contributed by atoms with E-state index in [1.54, 1.807) is 30.9 Å². The average molecular weight is 525 g/mol. The van der Waals surface area contributed by atoms with Crippen LogP contribution in [0.2, 0.25) is 0 Å². The molecular formula is C24H21BrF4N2O2. The number of hydrogen-bond donors (Lipinski definition) is 0. The summed E-state index contributed by atoms with van der Waals surface area (Å²) in [6.45, 7) is 7.09. The lowest BCUT2D eigenvalue weighted by atomic mass is 10.0. The first-order chi connectivity index (χ1) is 15.4. The minimum atomic E-state index is -4.62. The molecule has 33 heavy (non-hydrogen) atoms. The van der Waals surface area contributed by atoms with Crippen LogP contribution in [0.1, 0.15) is 28.4 Å². The van der Waals surface area contributed by atoms with Gasteiger partial charge in [0.2, 0.25) is 0 Å². The van der Waals surface area contributed by atoms with Crippen LogP contribution in [0.15, 0.2) is 71.1 Å². The maximum atomic E-state index is 13.7. The van der Waals surface area contributed by atoms with Crippen LogP contribution in [0.25, 0.3) is 0 Å². The minimum Gasteiger partial charge on any atom is -0.497 e. The number of fused-ring (bicyclic) bond motifs is 1. The van der Waals surface area contributed by atoms with E-state index in [9.17, 15) is 22.4 Å². The normalized spacial score (nSPS) is 15.0. The molecular weight excluding hydrogens is 504 g/mol. The second-order valence-electron chi connectivity index (χ2n) is 7.39. The van der Waals surface area contributed by atoms with Crippen molar-refractivity contribution in [2.24, 2.45) is 0 Å². The van der Waals surface area contributed by atoms with E-state index in [0.717, 1.165) is 12.1 Å². The van der Waals surface area contributed by atoms with Crippen molar-refractivity contribution >= 4 is 33.2 Å². The van der Waals surface area contributed by atoms with Gasteiger partial charge in [-0.15, -0.1) is 0 Å². The third-order valence-corrected chi connectivity index (χ3v) is 5.56. The maximum absolute atomic E-state index is 13.7. The second-order valence-corrected chi connectivity index (χ2v) is 8.58. The number of carbonyl (C=O) groups is 1. The summed E-state index contributed by atoms with van der Waals surface area (Å²) in [6.07, 6.45) is -1.49. The van der Waals surface area contributed by atoms with E-state index in [2.05, 4.69) is 22.5 Å². The van der Waals surface area contributed by atoms with Gasteiger partial charge in [-0.25, -0.2) is 4.39 Å². The van der Waals surface area contributed by atoms with Gasteiger partial charge in [0, 0.05) is 10.2 Å². The zero-order chi connectivity index (χ0) is 24.5. The molecule has 9 heteroatoms. The molecule has 3 rings (SSSR count). The van der Waals surface area contributed by atoms with Crippen molar-refractivity contribution in [3.05, 3.63) is 93.6 Å². The van der Waals surface area contributed by atoms with E-state index in [-0.39, 0.29) is 12.2 Å². The third-order valence-electron chi connectivity index (χ3n) is 5.16. The van der Waals surface area contributed by atoms with Gasteiger partial charge in [0.05, 0.1) is 29.6 Å². The predicted molar refractivity (Wildman–Crippen MR) is 123 cm³/mol. The van der Waals surface area contributed by atoms with E-state index in [1.165, 1.54) is 36.3 Å². The van der Waals surface area contributed by atoms with Crippen LogP contribution < -0.4 is 4.90 Å². The van der Waals surface area contributed by atoms with Gasteiger partial charge in [-0.05, 0) is 68.0 Å². The Morgan fingerprint density at radius 1 is 1.15 bits per heavy atom. The van der Waals surface area contributed by atoms with Crippen molar-refractivity contribution in [1.82, 2.24) is 4.90 Å². The highest BCUT2D eigenvalue weighted by Gasteiger charge is 2.37. The Morgan fingerprint density at radius 3 is 2.39 bits per heavy atom. The van der Waals surface area contributed by atoms with Crippen molar-refractivity contribution in [1.29, 1.82) is 0 Å². The van der Waals surface area contributed by atoms with E-state index in [4.69, 9.17) is 4.74 Å². The molecule has 0 bridgehead atoms. The number of halogens is 5. The van der Waals surface area contributed by atoms with Gasteiger partial charge < -0.3 is 9.64 Å². The number of amides is 1. The fraction of sp³-hybridized carbons (Fsp3) is 0.208. The summed E-state index contributed by atoms with van der Waals surface area (Å²) in [6, 6.07) is 7.17. The molecule has 0 unspecified atom stereocenters. The highest BCUT2D eigenvalue weighted by Crippen LogP contribution is 2.40. The number of aryl methyl sites for hydroxylation is 1. The maximum Gasteiger partial charge on any atom is 0.416 e. The molecule has 2 aromatic rings. The Balaban J connectivity index is 2.21. The fourth-order valence-electron chi connectivity index (χ4n) is 3.49. The molecule has 0 N–H and O–H groups in total. The van der Waals surface area contributed by atoms with Crippen LogP contribution in [-0.2, 0) is 10.9 Å². The minimum absolute atomic E-state index is 0.00819. The molecule has 0 aliphatic carbocycles. The summed E-state index contributed by atoms with van der Waals surface area (Å²) in [4.78, 5) is 16.4. The van der Waals surface area contributed by atoms with Crippen molar-refractivity contribution in [3.63, 3.8) is 0 Å². The Hall–Kier alpha value is -3.07. The van der Waals surface area contributed by atoms with Gasteiger partial charge >= 0.3 is 6.18 Å². The smallest absolute Gasteiger partial charge is 0.416 e. The number of ether oxygens (including phenoxy) is 1. The van der Waals surface area contributed by atoms with Crippen LogP contribution in [0.4, 0.5) is 28.9 Å². The quantitative estimate of drug-likeness (QED) is 0.238. The van der Waals surface area contributed by atoms with Crippen LogP contribution in [0.5, 0.6) is 0 Å². The third kappa shape index (κ3) is 5.13. The van der Waals surface area contributed by atoms with E-state index in [1.807, 2.05) is 0 Å². The molecule has 0 radical (unpaired) electrons. The van der Waals surface area contributed by atoms with Gasteiger partial charge in [-0.2, -0.15) is 13.2 Å². The van der Waals surface area contributed by atoms with Gasteiger partial charge in [0.15, 0.2) is 0 Å². The second kappa shape index (κ2) is 9.43. The Labute approximate surface area is 197 Å². The van der Waals surface area contributed by atoms with Crippen molar-refractivity contribution < 1.29 is 27.1 Å².